The van der Waals surface area contributed by atoms with Crippen LogP contribution in [0.15, 0.2) is 121 Å². The molecule has 11 heteroatoms. The van der Waals surface area contributed by atoms with E-state index in [9.17, 15) is 31.5 Å². The Kier molecular flexibility index (Phi) is 10.7. The molecule has 242 valence electrons. The highest BCUT2D eigenvalue weighted by molar-refractivity contribution is 7.92. The molecule has 4 rings (SSSR count). The summed E-state index contributed by atoms with van der Waals surface area (Å²) < 4.78 is 67.4. The van der Waals surface area contributed by atoms with E-state index in [1.54, 1.807) is 92.7 Å². The lowest BCUT2D eigenvalue weighted by Crippen LogP contribution is -2.61. The second-order valence-corrected chi connectivity index (χ2v) is 12.7. The van der Waals surface area contributed by atoms with Gasteiger partial charge in [-0.05, 0) is 55.3 Å². The van der Waals surface area contributed by atoms with Crippen LogP contribution in [-0.2, 0) is 29.2 Å². The van der Waals surface area contributed by atoms with Crippen molar-refractivity contribution in [3.8, 4) is 0 Å². The fourth-order valence-electron chi connectivity index (χ4n) is 5.19. The Bertz CT molecular complexity index is 1770. The number of hydrogen-bond acceptors (Lipinski definition) is 5. The van der Waals surface area contributed by atoms with Crippen molar-refractivity contribution < 1.29 is 31.5 Å². The van der Waals surface area contributed by atoms with E-state index in [-0.39, 0.29) is 24.2 Å². The maximum Gasteiger partial charge on any atom is 0.416 e. The van der Waals surface area contributed by atoms with Gasteiger partial charge < -0.3 is 10.4 Å². The van der Waals surface area contributed by atoms with Crippen LogP contribution in [0.1, 0.15) is 40.9 Å². The lowest BCUT2D eigenvalue weighted by Gasteiger charge is -2.43. The third-order valence-electron chi connectivity index (χ3n) is 7.48. The molecule has 2 atom stereocenters. The summed E-state index contributed by atoms with van der Waals surface area (Å²) in [5, 5.41) is 15.6. The number of carbonyl (C=O) groups excluding carboxylic acids is 1. The molecule has 0 fully saturated rings. The van der Waals surface area contributed by atoms with Gasteiger partial charge in [0.25, 0.3) is 5.91 Å². The van der Waals surface area contributed by atoms with Crippen molar-refractivity contribution in [3.63, 3.8) is 0 Å². The van der Waals surface area contributed by atoms with Crippen LogP contribution in [0.3, 0.4) is 0 Å². The number of alkyl halides is 3. The van der Waals surface area contributed by atoms with Gasteiger partial charge in [0.1, 0.15) is 0 Å². The Morgan fingerprint density at radius 2 is 1.48 bits per heavy atom. The van der Waals surface area contributed by atoms with Gasteiger partial charge in [0.2, 0.25) is 10.0 Å². The van der Waals surface area contributed by atoms with E-state index < -0.39 is 39.4 Å². The number of carbonyl (C=O) groups is 1. The predicted octanol–water partition coefficient (Wildman–Crippen LogP) is 6.89. The number of para-hydroxylation sites is 2. The minimum Gasteiger partial charge on any atom is -0.369 e. The SMILES string of the molecule is CC=CN(C(=O)c1ccccc1N(c1ccccc1)S(C)(=O)=O)[C@](O)(Cc1ccccc1)[C@@H](C)NCc1cccc(C(F)(F)F)c1. The minimum absolute atomic E-state index is 0.00597. The van der Waals surface area contributed by atoms with Gasteiger partial charge in [-0.25, -0.2) is 12.7 Å². The molecule has 0 bridgehead atoms. The van der Waals surface area contributed by atoms with Crippen LogP contribution < -0.4 is 9.62 Å². The zero-order chi connectivity index (χ0) is 33.5. The Morgan fingerprint density at radius 3 is 2.09 bits per heavy atom. The van der Waals surface area contributed by atoms with Gasteiger partial charge in [0.05, 0.1) is 34.8 Å². The molecule has 0 unspecified atom stereocenters. The van der Waals surface area contributed by atoms with E-state index in [2.05, 4.69) is 5.32 Å². The van der Waals surface area contributed by atoms with Crippen molar-refractivity contribution in [2.75, 3.05) is 10.6 Å². The first-order valence-corrected chi connectivity index (χ1v) is 16.4. The Morgan fingerprint density at radius 1 is 0.891 bits per heavy atom. The van der Waals surface area contributed by atoms with Gasteiger partial charge in [-0.2, -0.15) is 13.2 Å². The molecule has 46 heavy (non-hydrogen) atoms. The van der Waals surface area contributed by atoms with Crippen molar-refractivity contribution in [2.45, 2.75) is 44.8 Å². The van der Waals surface area contributed by atoms with E-state index in [1.807, 2.05) is 6.07 Å². The maximum absolute atomic E-state index is 14.5. The van der Waals surface area contributed by atoms with Gasteiger partial charge in [-0.3, -0.25) is 9.69 Å². The topological polar surface area (TPSA) is 90.0 Å². The number of amides is 1. The van der Waals surface area contributed by atoms with Crippen molar-refractivity contribution in [1.29, 1.82) is 0 Å². The molecule has 0 spiro atoms. The predicted molar refractivity (Wildman–Crippen MR) is 174 cm³/mol. The maximum atomic E-state index is 14.5. The van der Waals surface area contributed by atoms with Crippen LogP contribution >= 0.6 is 0 Å². The number of halogens is 3. The fraction of sp³-hybridized carbons (Fsp3) is 0.229. The molecule has 0 heterocycles. The number of hydrogen-bond donors (Lipinski definition) is 2. The molecule has 0 saturated heterocycles. The first-order valence-electron chi connectivity index (χ1n) is 14.5. The molecular weight excluding hydrogens is 615 g/mol. The molecule has 7 nitrogen and oxygen atoms in total. The zero-order valence-electron chi connectivity index (χ0n) is 25.6. The van der Waals surface area contributed by atoms with Crippen LogP contribution in [-0.4, -0.2) is 42.4 Å². The van der Waals surface area contributed by atoms with Crippen molar-refractivity contribution in [3.05, 3.63) is 144 Å². The summed E-state index contributed by atoms with van der Waals surface area (Å²) >= 11 is 0. The Balaban J connectivity index is 1.79. The summed E-state index contributed by atoms with van der Waals surface area (Å²) in [7, 11) is -3.93. The van der Waals surface area contributed by atoms with Crippen molar-refractivity contribution in [2.24, 2.45) is 0 Å². The number of rotatable bonds is 12. The fourth-order valence-corrected chi connectivity index (χ4v) is 6.21. The van der Waals surface area contributed by atoms with Gasteiger partial charge in [0.15, 0.2) is 5.72 Å². The van der Waals surface area contributed by atoms with Crippen molar-refractivity contribution in [1.82, 2.24) is 10.2 Å². The second kappa shape index (κ2) is 14.3. The lowest BCUT2D eigenvalue weighted by molar-refractivity contribution is -0.137. The van der Waals surface area contributed by atoms with Gasteiger partial charge in [-0.1, -0.05) is 84.9 Å². The summed E-state index contributed by atoms with van der Waals surface area (Å²) in [6.07, 6.45) is -0.551. The normalized spacial score (nSPS) is 14.1. The van der Waals surface area contributed by atoms with Crippen LogP contribution in [0, 0.1) is 0 Å². The van der Waals surface area contributed by atoms with Crippen LogP contribution in [0.2, 0.25) is 0 Å². The Hall–Kier alpha value is -4.45. The monoisotopic (exact) mass is 651 g/mol. The minimum atomic E-state index is -4.52. The van der Waals surface area contributed by atoms with Crippen LogP contribution in [0.4, 0.5) is 24.5 Å². The standard InChI is InChI=1S/C35H36F3N3O4S/c1-4-22-40(33(42)31-20-11-12-21-32(31)41(46(3,44)45)30-18-9-6-10-19-30)34(43,24-27-14-7-5-8-15-27)26(2)39-25-28-16-13-17-29(23-28)35(36,37)38/h4-23,26,39,43H,24-25H2,1-3H3/t26-,34+/m1/s1. The summed E-state index contributed by atoms with van der Waals surface area (Å²) in [6, 6.07) is 27.5. The highest BCUT2D eigenvalue weighted by Gasteiger charge is 2.43. The number of allylic oxidation sites excluding steroid dienone is 1. The second-order valence-electron chi connectivity index (χ2n) is 10.9. The lowest BCUT2D eigenvalue weighted by atomic mass is 9.93. The van der Waals surface area contributed by atoms with E-state index in [4.69, 9.17) is 0 Å². The first-order chi connectivity index (χ1) is 21.8. The highest BCUT2D eigenvalue weighted by atomic mass is 32.2. The number of sulfonamides is 1. The molecule has 4 aromatic rings. The quantitative estimate of drug-likeness (QED) is 0.163. The molecule has 0 saturated carbocycles. The van der Waals surface area contributed by atoms with Gasteiger partial charge >= 0.3 is 6.18 Å². The van der Waals surface area contributed by atoms with E-state index in [0.717, 1.165) is 27.6 Å². The average molecular weight is 652 g/mol. The van der Waals surface area contributed by atoms with Gasteiger partial charge in [-0.15, -0.1) is 0 Å². The van der Waals surface area contributed by atoms with Crippen molar-refractivity contribution >= 4 is 27.3 Å². The third-order valence-corrected chi connectivity index (χ3v) is 8.55. The van der Waals surface area contributed by atoms with E-state index >= 15 is 0 Å². The summed E-state index contributed by atoms with van der Waals surface area (Å²) in [5.41, 5.74) is -1.33. The Labute approximate surface area is 267 Å². The summed E-state index contributed by atoms with van der Waals surface area (Å²) in [5.74, 6) is -0.690. The molecular formula is C35H36F3N3O4S. The van der Waals surface area contributed by atoms with Gasteiger partial charge in [0, 0.05) is 19.2 Å². The average Bonchev–Trinajstić information content (AvgIpc) is 3.02. The molecule has 0 radical (unpaired) electrons. The molecule has 2 N–H and O–H groups in total. The molecule has 0 aliphatic carbocycles. The molecule has 4 aromatic carbocycles. The number of nitrogens with one attached hydrogen (secondary N) is 1. The number of aliphatic hydroxyl groups is 1. The third kappa shape index (κ3) is 8.03. The largest absolute Gasteiger partial charge is 0.416 e. The first kappa shape index (κ1) is 34.4. The van der Waals surface area contributed by atoms with Crippen LogP contribution in [0.5, 0.6) is 0 Å². The summed E-state index contributed by atoms with van der Waals surface area (Å²) in [6.45, 7) is 3.27. The number of anilines is 2. The number of benzene rings is 4. The van der Waals surface area contributed by atoms with E-state index in [1.165, 1.54) is 24.4 Å². The zero-order valence-corrected chi connectivity index (χ0v) is 26.5. The number of nitrogens with zero attached hydrogens (tertiary/aromatic N) is 2. The van der Waals surface area contributed by atoms with E-state index in [0.29, 0.717) is 16.8 Å². The molecule has 0 aliphatic rings. The highest BCUT2D eigenvalue weighted by Crippen LogP contribution is 2.35. The molecule has 0 aromatic heterocycles. The summed E-state index contributed by atoms with van der Waals surface area (Å²) in [4.78, 5) is 15.7. The molecule has 0 aliphatic heterocycles. The molecule has 1 amide bonds. The smallest absolute Gasteiger partial charge is 0.369 e. The van der Waals surface area contributed by atoms with Crippen LogP contribution in [0.25, 0.3) is 0 Å².